The van der Waals surface area contributed by atoms with E-state index in [0.29, 0.717) is 9.84 Å². The van der Waals surface area contributed by atoms with Crippen LogP contribution in [0.25, 0.3) is 0 Å². The Morgan fingerprint density at radius 3 is 2.83 bits per heavy atom. The maximum Gasteiger partial charge on any atom is 0.0372 e. The molecule has 1 aliphatic carbocycles. The lowest BCUT2D eigenvalue weighted by atomic mass is 9.92. The summed E-state index contributed by atoms with van der Waals surface area (Å²) in [5, 5.41) is 0. The molecule has 0 aromatic rings. The lowest BCUT2D eigenvalue weighted by molar-refractivity contribution is 0.685. The summed E-state index contributed by atoms with van der Waals surface area (Å²) in [7, 11) is 0. The molecule has 0 heterocycles. The monoisotopic (exact) mass is 277 g/mol. The Morgan fingerprint density at radius 1 is 1.58 bits per heavy atom. The molecule has 12 heavy (non-hydrogen) atoms. The van der Waals surface area contributed by atoms with Crippen LogP contribution in [-0.2, 0) is 0 Å². The van der Waals surface area contributed by atoms with Crippen molar-refractivity contribution < 1.29 is 0 Å². The van der Waals surface area contributed by atoms with Crippen molar-refractivity contribution in [2.75, 3.05) is 0 Å². The second-order valence-corrected chi connectivity index (χ2v) is 4.76. The Labute approximate surface area is 88.2 Å². The third-order valence-electron chi connectivity index (χ3n) is 2.34. The summed E-state index contributed by atoms with van der Waals surface area (Å²) in [4.78, 5) is 0. The van der Waals surface area contributed by atoms with Crippen LogP contribution in [0.2, 0.25) is 0 Å². The molecule has 0 bridgehead atoms. The van der Waals surface area contributed by atoms with Gasteiger partial charge in [0.15, 0.2) is 0 Å². The van der Waals surface area contributed by atoms with Crippen molar-refractivity contribution in [2.45, 2.75) is 30.6 Å². The molecule has 0 aromatic carbocycles. The van der Waals surface area contributed by atoms with Gasteiger partial charge in [0.05, 0.1) is 0 Å². The number of halogens is 1. The highest BCUT2D eigenvalue weighted by Gasteiger charge is 2.19. The molecule has 0 radical (unpaired) electrons. The summed E-state index contributed by atoms with van der Waals surface area (Å²) < 4.78 is 0.572. The Kier molecular flexibility index (Phi) is 3.62. The second-order valence-electron chi connectivity index (χ2n) is 3.32. The minimum atomic E-state index is 0.511. The van der Waals surface area contributed by atoms with E-state index >= 15 is 0 Å². The highest BCUT2D eigenvalue weighted by atomic mass is 127. The van der Waals surface area contributed by atoms with Crippen molar-refractivity contribution >= 4 is 22.6 Å². The van der Waals surface area contributed by atoms with E-state index in [1.165, 1.54) is 12.0 Å². The van der Waals surface area contributed by atoms with Gasteiger partial charge in [-0.2, -0.15) is 0 Å². The molecule has 0 saturated heterocycles. The van der Waals surface area contributed by atoms with Crippen molar-refractivity contribution in [1.82, 2.24) is 0 Å². The Balaban J connectivity index is 2.79. The standard InChI is InChI=1S/C10H16IN/c1-3-4-8-5-6-9(11)7(2)10(8)12/h5-7,9H,3-4,12H2,1-2H3/t7-,9-/m0/s1. The number of nitrogens with two attached hydrogens (primary N) is 1. The van der Waals surface area contributed by atoms with Gasteiger partial charge in [-0.3, -0.25) is 0 Å². The predicted molar refractivity (Wildman–Crippen MR) is 62.2 cm³/mol. The van der Waals surface area contributed by atoms with E-state index in [9.17, 15) is 0 Å². The van der Waals surface area contributed by atoms with Crippen LogP contribution in [0.15, 0.2) is 23.4 Å². The largest absolute Gasteiger partial charge is 0.402 e. The molecule has 2 N–H and O–H groups in total. The van der Waals surface area contributed by atoms with Crippen LogP contribution in [0, 0.1) is 5.92 Å². The van der Waals surface area contributed by atoms with E-state index in [-0.39, 0.29) is 0 Å². The average Bonchev–Trinajstić information content (AvgIpc) is 2.07. The predicted octanol–water partition coefficient (Wildman–Crippen LogP) is 3.01. The first-order valence-corrected chi connectivity index (χ1v) is 5.72. The van der Waals surface area contributed by atoms with Crippen molar-refractivity contribution in [3.8, 4) is 0 Å². The zero-order valence-corrected chi connectivity index (χ0v) is 9.84. The Hall–Kier alpha value is 0.01000. The normalized spacial score (nSPS) is 29.6. The SMILES string of the molecule is CCCC1=C(N)[C@@H](C)[C@@H](I)C=C1. The summed E-state index contributed by atoms with van der Waals surface area (Å²) in [5.74, 6) is 0.511. The smallest absolute Gasteiger partial charge is 0.0372 e. The summed E-state index contributed by atoms with van der Waals surface area (Å²) in [5.41, 5.74) is 8.46. The third-order valence-corrected chi connectivity index (χ3v) is 3.83. The van der Waals surface area contributed by atoms with Crippen molar-refractivity contribution in [3.63, 3.8) is 0 Å². The average molecular weight is 277 g/mol. The number of allylic oxidation sites excluding steroid dienone is 4. The van der Waals surface area contributed by atoms with Crippen LogP contribution in [0.1, 0.15) is 26.7 Å². The molecule has 0 fully saturated rings. The summed E-state index contributed by atoms with van der Waals surface area (Å²) >= 11 is 2.44. The van der Waals surface area contributed by atoms with Gasteiger partial charge in [-0.15, -0.1) is 0 Å². The van der Waals surface area contributed by atoms with Gasteiger partial charge >= 0.3 is 0 Å². The van der Waals surface area contributed by atoms with Crippen LogP contribution in [0.3, 0.4) is 0 Å². The summed E-state index contributed by atoms with van der Waals surface area (Å²) in [6.07, 6.45) is 6.75. The molecule has 0 saturated carbocycles. The molecule has 0 aromatic heterocycles. The third kappa shape index (κ3) is 2.03. The Bertz CT molecular complexity index is 218. The highest BCUT2D eigenvalue weighted by Crippen LogP contribution is 2.28. The molecule has 2 heteroatoms. The van der Waals surface area contributed by atoms with Crippen molar-refractivity contribution in [2.24, 2.45) is 11.7 Å². The fourth-order valence-corrected chi connectivity index (χ4v) is 2.03. The van der Waals surface area contributed by atoms with Crippen LogP contribution in [0.4, 0.5) is 0 Å². The van der Waals surface area contributed by atoms with E-state index in [4.69, 9.17) is 5.73 Å². The van der Waals surface area contributed by atoms with Crippen LogP contribution in [-0.4, -0.2) is 3.92 Å². The summed E-state index contributed by atoms with van der Waals surface area (Å²) in [6.45, 7) is 4.39. The van der Waals surface area contributed by atoms with E-state index < -0.39 is 0 Å². The molecule has 1 rings (SSSR count). The van der Waals surface area contributed by atoms with Gasteiger partial charge in [0.2, 0.25) is 0 Å². The lowest BCUT2D eigenvalue weighted by Gasteiger charge is -2.23. The zero-order valence-electron chi connectivity index (χ0n) is 7.68. The van der Waals surface area contributed by atoms with Crippen LogP contribution < -0.4 is 5.73 Å². The van der Waals surface area contributed by atoms with E-state index in [1.807, 2.05) is 0 Å². The minimum absolute atomic E-state index is 0.511. The molecule has 0 unspecified atom stereocenters. The maximum atomic E-state index is 6.02. The molecule has 0 amide bonds. The highest BCUT2D eigenvalue weighted by molar-refractivity contribution is 14.1. The van der Waals surface area contributed by atoms with Gasteiger partial charge in [-0.25, -0.2) is 0 Å². The lowest BCUT2D eigenvalue weighted by Crippen LogP contribution is -2.21. The van der Waals surface area contributed by atoms with Crippen LogP contribution >= 0.6 is 22.6 Å². The zero-order chi connectivity index (χ0) is 9.14. The number of hydrogen-bond donors (Lipinski definition) is 1. The number of alkyl halides is 1. The van der Waals surface area contributed by atoms with E-state index in [1.54, 1.807) is 0 Å². The maximum absolute atomic E-state index is 6.02. The molecule has 2 atom stereocenters. The van der Waals surface area contributed by atoms with Gasteiger partial charge in [-0.05, 0) is 12.0 Å². The Morgan fingerprint density at radius 2 is 2.25 bits per heavy atom. The fraction of sp³-hybridized carbons (Fsp3) is 0.600. The molecule has 68 valence electrons. The second kappa shape index (κ2) is 4.30. The van der Waals surface area contributed by atoms with Crippen molar-refractivity contribution in [3.05, 3.63) is 23.4 Å². The van der Waals surface area contributed by atoms with Gasteiger partial charge < -0.3 is 5.73 Å². The quantitative estimate of drug-likeness (QED) is 0.609. The fourth-order valence-electron chi connectivity index (χ4n) is 1.43. The molecule has 0 spiro atoms. The molecular weight excluding hydrogens is 261 g/mol. The van der Waals surface area contributed by atoms with E-state index in [2.05, 4.69) is 48.6 Å². The van der Waals surface area contributed by atoms with Gasteiger partial charge in [-0.1, -0.05) is 55.0 Å². The first-order valence-electron chi connectivity index (χ1n) is 4.47. The molecule has 0 aliphatic heterocycles. The minimum Gasteiger partial charge on any atom is -0.402 e. The first-order chi connectivity index (χ1) is 5.66. The van der Waals surface area contributed by atoms with Crippen LogP contribution in [0.5, 0.6) is 0 Å². The van der Waals surface area contributed by atoms with E-state index in [0.717, 1.165) is 12.1 Å². The van der Waals surface area contributed by atoms with Gasteiger partial charge in [0.1, 0.15) is 0 Å². The molecule has 1 aliphatic rings. The van der Waals surface area contributed by atoms with Gasteiger partial charge in [0.25, 0.3) is 0 Å². The topological polar surface area (TPSA) is 26.0 Å². The number of rotatable bonds is 2. The van der Waals surface area contributed by atoms with Crippen molar-refractivity contribution in [1.29, 1.82) is 0 Å². The first kappa shape index (κ1) is 10.1. The number of hydrogen-bond acceptors (Lipinski definition) is 1. The molecule has 1 nitrogen and oxygen atoms in total. The molecular formula is C10H16IN. The summed E-state index contributed by atoms with van der Waals surface area (Å²) in [6, 6.07) is 0. The van der Waals surface area contributed by atoms with Gasteiger partial charge in [0, 0.05) is 15.5 Å².